The van der Waals surface area contributed by atoms with Crippen LogP contribution in [0.25, 0.3) is 65.7 Å². The Balaban J connectivity index is 1.26. The second-order valence-electron chi connectivity index (χ2n) is 13.7. The minimum absolute atomic E-state index is 0.0719. The monoisotopic (exact) mass is 627 g/mol. The van der Waals surface area contributed by atoms with Crippen molar-refractivity contribution in [3.05, 3.63) is 175 Å². The molecule has 0 aliphatic heterocycles. The van der Waals surface area contributed by atoms with Crippen LogP contribution in [0.4, 0.5) is 17.1 Å². The summed E-state index contributed by atoms with van der Waals surface area (Å²) in [6.07, 6.45) is 0. The quantitative estimate of drug-likeness (QED) is 0.181. The summed E-state index contributed by atoms with van der Waals surface area (Å²) in [6, 6.07) is 59.4. The number of fused-ring (bicyclic) bond motifs is 9. The third kappa shape index (κ3) is 4.14. The second-order valence-corrected chi connectivity index (χ2v) is 13.7. The summed E-state index contributed by atoms with van der Waals surface area (Å²) < 4.78 is 6.67. The van der Waals surface area contributed by atoms with Gasteiger partial charge in [0.15, 0.2) is 5.58 Å². The van der Waals surface area contributed by atoms with E-state index in [4.69, 9.17) is 4.42 Å². The topological polar surface area (TPSA) is 16.4 Å². The van der Waals surface area contributed by atoms with Crippen LogP contribution >= 0.6 is 0 Å². The predicted octanol–water partition coefficient (Wildman–Crippen LogP) is 13.3. The van der Waals surface area contributed by atoms with Gasteiger partial charge in [-0.2, -0.15) is 0 Å². The van der Waals surface area contributed by atoms with Crippen LogP contribution in [0.5, 0.6) is 0 Å². The lowest BCUT2D eigenvalue weighted by Crippen LogP contribution is -2.14. The molecule has 1 aromatic heterocycles. The Labute approximate surface area is 285 Å². The van der Waals surface area contributed by atoms with E-state index in [0.717, 1.165) is 44.6 Å². The molecule has 232 valence electrons. The van der Waals surface area contributed by atoms with Crippen LogP contribution in [0.2, 0.25) is 0 Å². The highest BCUT2D eigenvalue weighted by atomic mass is 16.3. The van der Waals surface area contributed by atoms with Crippen molar-refractivity contribution in [2.45, 2.75) is 19.3 Å². The zero-order valence-electron chi connectivity index (χ0n) is 27.4. The van der Waals surface area contributed by atoms with Gasteiger partial charge in [0.05, 0.1) is 11.4 Å². The number of nitrogens with zero attached hydrogens (tertiary/aromatic N) is 1. The number of benzene rings is 8. The zero-order chi connectivity index (χ0) is 32.7. The third-order valence-corrected chi connectivity index (χ3v) is 10.6. The van der Waals surface area contributed by atoms with Gasteiger partial charge in [0.1, 0.15) is 5.58 Å². The van der Waals surface area contributed by atoms with E-state index in [1.54, 1.807) is 0 Å². The summed E-state index contributed by atoms with van der Waals surface area (Å²) >= 11 is 0. The van der Waals surface area contributed by atoms with Crippen molar-refractivity contribution in [3.63, 3.8) is 0 Å². The molecule has 10 rings (SSSR count). The van der Waals surface area contributed by atoms with Crippen molar-refractivity contribution in [2.75, 3.05) is 4.90 Å². The van der Waals surface area contributed by atoms with E-state index >= 15 is 0 Å². The van der Waals surface area contributed by atoms with E-state index in [9.17, 15) is 0 Å². The minimum atomic E-state index is -0.0719. The summed E-state index contributed by atoms with van der Waals surface area (Å²) in [4.78, 5) is 2.39. The van der Waals surface area contributed by atoms with Gasteiger partial charge < -0.3 is 9.32 Å². The molecule has 1 heterocycles. The Morgan fingerprint density at radius 2 is 1.12 bits per heavy atom. The van der Waals surface area contributed by atoms with Gasteiger partial charge in [-0.15, -0.1) is 0 Å². The Morgan fingerprint density at radius 1 is 0.449 bits per heavy atom. The van der Waals surface area contributed by atoms with Crippen molar-refractivity contribution in [3.8, 4) is 22.3 Å². The van der Waals surface area contributed by atoms with Crippen molar-refractivity contribution < 1.29 is 4.42 Å². The van der Waals surface area contributed by atoms with E-state index in [2.05, 4.69) is 176 Å². The molecule has 8 aromatic carbocycles. The van der Waals surface area contributed by atoms with E-state index in [1.165, 1.54) is 49.4 Å². The lowest BCUT2D eigenvalue weighted by molar-refractivity contribution is 0.661. The molecule has 0 bridgehead atoms. The molecule has 0 unspecified atom stereocenters. The van der Waals surface area contributed by atoms with Crippen LogP contribution in [0.1, 0.15) is 25.0 Å². The predicted molar refractivity (Wildman–Crippen MR) is 206 cm³/mol. The van der Waals surface area contributed by atoms with E-state index in [-0.39, 0.29) is 5.41 Å². The van der Waals surface area contributed by atoms with Gasteiger partial charge in [0.2, 0.25) is 0 Å². The standard InChI is InChI=1S/C47H33NO/c1-47(2)41-19-9-6-16-35(41)40-27-32-24-23-31-25-26-33(28-38(31)39(32)29-42(40)47)48(43-20-10-7-15-34(43)30-13-4-3-5-14-30)44-21-12-18-37-36-17-8-11-22-45(36)49-46(37)44/h3-29H,1-2H3. The molecule has 49 heavy (non-hydrogen) atoms. The highest BCUT2D eigenvalue weighted by molar-refractivity contribution is 6.13. The molecule has 2 nitrogen and oxygen atoms in total. The molecular formula is C47H33NO. The number of anilines is 3. The smallest absolute Gasteiger partial charge is 0.159 e. The molecule has 0 amide bonds. The van der Waals surface area contributed by atoms with Crippen LogP contribution < -0.4 is 4.90 Å². The number of furan rings is 1. The zero-order valence-corrected chi connectivity index (χ0v) is 27.4. The maximum atomic E-state index is 6.67. The molecule has 0 saturated carbocycles. The minimum Gasteiger partial charge on any atom is -0.454 e. The van der Waals surface area contributed by atoms with Crippen molar-refractivity contribution in [2.24, 2.45) is 0 Å². The summed E-state index contributed by atoms with van der Waals surface area (Å²) in [5, 5.41) is 7.23. The lowest BCUT2D eigenvalue weighted by atomic mass is 9.81. The van der Waals surface area contributed by atoms with Gasteiger partial charge >= 0.3 is 0 Å². The van der Waals surface area contributed by atoms with Gasteiger partial charge in [-0.3, -0.25) is 0 Å². The van der Waals surface area contributed by atoms with Crippen LogP contribution in [0.15, 0.2) is 168 Å². The number of para-hydroxylation sites is 3. The summed E-state index contributed by atoms with van der Waals surface area (Å²) in [7, 11) is 0. The first-order valence-corrected chi connectivity index (χ1v) is 17.0. The van der Waals surface area contributed by atoms with Gasteiger partial charge in [-0.25, -0.2) is 0 Å². The fourth-order valence-corrected chi connectivity index (χ4v) is 8.22. The maximum absolute atomic E-state index is 6.67. The van der Waals surface area contributed by atoms with Crippen LogP contribution in [0.3, 0.4) is 0 Å². The Bertz CT molecular complexity index is 2750. The summed E-state index contributed by atoms with van der Waals surface area (Å²) in [5.41, 5.74) is 12.7. The molecule has 2 heteroatoms. The normalized spacial score (nSPS) is 13.3. The van der Waals surface area contributed by atoms with Gasteiger partial charge in [0.25, 0.3) is 0 Å². The Hall–Kier alpha value is -6.12. The molecule has 0 fully saturated rings. The van der Waals surface area contributed by atoms with Gasteiger partial charge in [-0.05, 0) is 91.8 Å². The SMILES string of the molecule is CC1(C)c2ccccc2-c2cc3ccc4ccc(N(c5ccccc5-c5ccccc5)c5cccc6c5oc5ccccc56)cc4c3cc21. The number of hydrogen-bond donors (Lipinski definition) is 0. The third-order valence-electron chi connectivity index (χ3n) is 10.6. The van der Waals surface area contributed by atoms with Crippen LogP contribution in [-0.4, -0.2) is 0 Å². The Morgan fingerprint density at radius 3 is 2.02 bits per heavy atom. The molecule has 1 aliphatic carbocycles. The molecule has 0 atom stereocenters. The molecule has 0 radical (unpaired) electrons. The lowest BCUT2D eigenvalue weighted by Gasteiger charge is -2.28. The molecular weight excluding hydrogens is 595 g/mol. The van der Waals surface area contributed by atoms with E-state index in [1.807, 2.05) is 6.07 Å². The second kappa shape index (κ2) is 10.4. The number of rotatable bonds is 4. The van der Waals surface area contributed by atoms with Crippen LogP contribution in [0, 0.1) is 0 Å². The van der Waals surface area contributed by atoms with Gasteiger partial charge in [-0.1, -0.05) is 135 Å². The van der Waals surface area contributed by atoms with E-state index < -0.39 is 0 Å². The average Bonchev–Trinajstić information content (AvgIpc) is 3.64. The van der Waals surface area contributed by atoms with Crippen LogP contribution in [-0.2, 0) is 5.41 Å². The fourth-order valence-electron chi connectivity index (χ4n) is 8.22. The first-order chi connectivity index (χ1) is 24.1. The molecule has 0 spiro atoms. The molecule has 0 N–H and O–H groups in total. The van der Waals surface area contributed by atoms with Crippen molar-refractivity contribution >= 4 is 60.5 Å². The van der Waals surface area contributed by atoms with Gasteiger partial charge in [0, 0.05) is 27.4 Å². The number of hydrogen-bond acceptors (Lipinski definition) is 2. The van der Waals surface area contributed by atoms with Crippen molar-refractivity contribution in [1.29, 1.82) is 0 Å². The maximum Gasteiger partial charge on any atom is 0.159 e. The summed E-state index contributed by atoms with van der Waals surface area (Å²) in [5.74, 6) is 0. The molecule has 9 aromatic rings. The van der Waals surface area contributed by atoms with E-state index in [0.29, 0.717) is 0 Å². The summed E-state index contributed by atoms with van der Waals surface area (Å²) in [6.45, 7) is 4.71. The fraction of sp³-hybridized carbons (Fsp3) is 0.0638. The highest BCUT2D eigenvalue weighted by Crippen LogP contribution is 2.51. The first-order valence-electron chi connectivity index (χ1n) is 17.0. The molecule has 1 aliphatic rings. The average molecular weight is 628 g/mol. The van der Waals surface area contributed by atoms with Crippen molar-refractivity contribution in [1.82, 2.24) is 0 Å². The molecule has 0 saturated heterocycles. The highest BCUT2D eigenvalue weighted by Gasteiger charge is 2.35. The Kier molecular flexibility index (Phi) is 5.95. The first kappa shape index (κ1) is 27.9. The largest absolute Gasteiger partial charge is 0.454 e.